The van der Waals surface area contributed by atoms with E-state index in [1.54, 1.807) is 24.7 Å². The van der Waals surface area contributed by atoms with Crippen molar-refractivity contribution in [1.29, 1.82) is 0 Å². The lowest BCUT2D eigenvalue weighted by Crippen LogP contribution is -2.35. The molecule has 0 spiro atoms. The maximum atomic E-state index is 14.2. The summed E-state index contributed by atoms with van der Waals surface area (Å²) >= 11 is 0. The van der Waals surface area contributed by atoms with Gasteiger partial charge >= 0.3 is 0 Å². The molecule has 2 rings (SSSR count). The molecule has 19 heavy (non-hydrogen) atoms. The van der Waals surface area contributed by atoms with Crippen molar-refractivity contribution >= 4 is 11.5 Å². The fourth-order valence-corrected chi connectivity index (χ4v) is 1.52. The molecule has 5 nitrogen and oxygen atoms in total. The van der Waals surface area contributed by atoms with Crippen LogP contribution in [-0.4, -0.2) is 20.7 Å². The Morgan fingerprint density at radius 2 is 2.16 bits per heavy atom. The van der Waals surface area contributed by atoms with E-state index in [1.165, 1.54) is 0 Å². The molecule has 2 aromatic rings. The van der Waals surface area contributed by atoms with Gasteiger partial charge in [-0.25, -0.2) is 9.37 Å². The zero-order chi connectivity index (χ0) is 13.9. The molecule has 2 heterocycles. The molecule has 0 saturated carbocycles. The molecular weight excluding hydrogens is 245 g/mol. The molecule has 0 saturated heterocycles. The number of hydrogen-bond donors (Lipinski definition) is 3. The van der Waals surface area contributed by atoms with Gasteiger partial charge in [-0.05, 0) is 26.8 Å². The van der Waals surface area contributed by atoms with Crippen molar-refractivity contribution in [2.75, 3.05) is 5.32 Å². The predicted octanol–water partition coefficient (Wildman–Crippen LogP) is 2.58. The molecule has 2 aromatic heterocycles. The number of halogens is 1. The summed E-state index contributed by atoms with van der Waals surface area (Å²) in [6.07, 6.45) is 4.80. The van der Waals surface area contributed by atoms with E-state index in [9.17, 15) is 4.39 Å². The Labute approximate surface area is 111 Å². The molecule has 0 amide bonds. The highest BCUT2D eigenvalue weighted by Crippen LogP contribution is 2.19. The van der Waals surface area contributed by atoms with Gasteiger partial charge in [0.2, 0.25) is 0 Å². The Hall–Kier alpha value is -1.95. The Bertz CT molecular complexity index is 530. The first-order valence-electron chi connectivity index (χ1n) is 6.10. The number of nitrogens with one attached hydrogen (secondary N) is 3. The van der Waals surface area contributed by atoms with Gasteiger partial charge in [-0.1, -0.05) is 0 Å². The van der Waals surface area contributed by atoms with Gasteiger partial charge < -0.3 is 10.6 Å². The summed E-state index contributed by atoms with van der Waals surface area (Å²) in [5.74, 6) is -0.143. The second-order valence-electron chi connectivity index (χ2n) is 5.35. The first-order chi connectivity index (χ1) is 8.96. The number of nitrogens with zero attached hydrogens (tertiary/aromatic N) is 2. The topological polar surface area (TPSA) is 65.6 Å². The van der Waals surface area contributed by atoms with Crippen LogP contribution in [-0.2, 0) is 6.54 Å². The average Bonchev–Trinajstić information content (AvgIpc) is 2.82. The number of H-pyrrole nitrogens is 1. The van der Waals surface area contributed by atoms with Crippen LogP contribution in [0.3, 0.4) is 0 Å². The number of hydrogen-bond acceptors (Lipinski definition) is 4. The molecule has 6 heteroatoms. The lowest BCUT2D eigenvalue weighted by Gasteiger charge is -2.21. The van der Waals surface area contributed by atoms with Gasteiger partial charge in [0.05, 0.1) is 11.9 Å². The Kier molecular flexibility index (Phi) is 3.80. The summed E-state index contributed by atoms with van der Waals surface area (Å²) in [6, 6.07) is 1.68. The third-order valence-electron chi connectivity index (χ3n) is 2.54. The van der Waals surface area contributed by atoms with Gasteiger partial charge in [0.15, 0.2) is 11.6 Å². The van der Waals surface area contributed by atoms with E-state index in [4.69, 9.17) is 0 Å². The maximum absolute atomic E-state index is 14.2. The third-order valence-corrected chi connectivity index (χ3v) is 2.54. The minimum atomic E-state index is -0.347. The van der Waals surface area contributed by atoms with Crippen molar-refractivity contribution in [3.8, 4) is 0 Å². The lowest BCUT2D eigenvalue weighted by molar-refractivity contribution is 0.418. The van der Waals surface area contributed by atoms with Crippen LogP contribution >= 0.6 is 0 Å². The summed E-state index contributed by atoms with van der Waals surface area (Å²) in [7, 11) is 0. The minimum Gasteiger partial charge on any atom is -0.335 e. The van der Waals surface area contributed by atoms with E-state index >= 15 is 0 Å². The van der Waals surface area contributed by atoms with E-state index in [1.807, 2.05) is 20.8 Å². The highest BCUT2D eigenvalue weighted by Gasteiger charge is 2.13. The van der Waals surface area contributed by atoms with Gasteiger partial charge in [0.1, 0.15) is 0 Å². The zero-order valence-corrected chi connectivity index (χ0v) is 11.3. The fourth-order valence-electron chi connectivity index (χ4n) is 1.52. The van der Waals surface area contributed by atoms with Crippen LogP contribution in [0.15, 0.2) is 24.7 Å². The van der Waals surface area contributed by atoms with Crippen molar-refractivity contribution in [1.82, 2.24) is 20.5 Å². The number of aromatic amines is 1. The third kappa shape index (κ3) is 3.75. The van der Waals surface area contributed by atoms with Crippen molar-refractivity contribution < 1.29 is 4.39 Å². The molecule has 0 aliphatic carbocycles. The van der Waals surface area contributed by atoms with Crippen molar-refractivity contribution in [3.05, 3.63) is 36.0 Å². The van der Waals surface area contributed by atoms with Crippen LogP contribution in [0.5, 0.6) is 0 Å². The molecule has 0 bridgehead atoms. The fraction of sp³-hybridized carbons (Fsp3) is 0.385. The van der Waals surface area contributed by atoms with E-state index in [2.05, 4.69) is 25.8 Å². The predicted molar refractivity (Wildman–Crippen MR) is 72.7 cm³/mol. The highest BCUT2D eigenvalue weighted by atomic mass is 19.1. The number of anilines is 2. The maximum Gasteiger partial charge on any atom is 0.170 e. The van der Waals surface area contributed by atoms with Crippen LogP contribution < -0.4 is 10.6 Å². The largest absolute Gasteiger partial charge is 0.335 e. The first kappa shape index (κ1) is 13.5. The Balaban J connectivity index is 2.13. The first-order valence-corrected chi connectivity index (χ1v) is 6.10. The summed E-state index contributed by atoms with van der Waals surface area (Å²) in [4.78, 5) is 4.00. The summed E-state index contributed by atoms with van der Waals surface area (Å²) < 4.78 is 14.2. The van der Waals surface area contributed by atoms with Gasteiger partial charge in [-0.2, -0.15) is 5.10 Å². The molecule has 0 atom stereocenters. The Morgan fingerprint density at radius 1 is 1.37 bits per heavy atom. The quantitative estimate of drug-likeness (QED) is 0.793. The monoisotopic (exact) mass is 263 g/mol. The molecule has 0 aliphatic rings. The highest BCUT2D eigenvalue weighted by molar-refractivity contribution is 5.55. The van der Waals surface area contributed by atoms with Crippen molar-refractivity contribution in [3.63, 3.8) is 0 Å². The van der Waals surface area contributed by atoms with E-state index in [0.29, 0.717) is 17.8 Å². The van der Waals surface area contributed by atoms with E-state index in [0.717, 1.165) is 0 Å². The minimum absolute atomic E-state index is 0.0616. The molecule has 0 unspecified atom stereocenters. The van der Waals surface area contributed by atoms with Crippen molar-refractivity contribution in [2.45, 2.75) is 32.9 Å². The summed E-state index contributed by atoms with van der Waals surface area (Å²) in [6.45, 7) is 6.57. The molecule has 0 radical (unpaired) electrons. The van der Waals surface area contributed by atoms with Crippen LogP contribution in [0.25, 0.3) is 0 Å². The molecular formula is C13H18FN5. The average molecular weight is 263 g/mol. The van der Waals surface area contributed by atoms with Crippen molar-refractivity contribution in [2.24, 2.45) is 0 Å². The van der Waals surface area contributed by atoms with Gasteiger partial charge in [-0.3, -0.25) is 5.10 Å². The number of pyridine rings is 1. The van der Waals surface area contributed by atoms with Crippen LogP contribution in [0.1, 0.15) is 26.3 Å². The SMILES string of the molecule is CC(C)(C)NCc1ccnc(Nc2cn[nH]c2)c1F. The smallest absolute Gasteiger partial charge is 0.170 e. The molecule has 0 fully saturated rings. The lowest BCUT2D eigenvalue weighted by atomic mass is 10.1. The van der Waals surface area contributed by atoms with Crippen LogP contribution in [0.2, 0.25) is 0 Å². The molecule has 0 aromatic carbocycles. The van der Waals surface area contributed by atoms with Gasteiger partial charge in [0, 0.05) is 30.0 Å². The summed E-state index contributed by atoms with van der Waals surface area (Å²) in [5, 5.41) is 12.6. The second-order valence-corrected chi connectivity index (χ2v) is 5.35. The molecule has 3 N–H and O–H groups in total. The molecule has 0 aliphatic heterocycles. The normalized spacial score (nSPS) is 11.6. The number of aromatic nitrogens is 3. The Morgan fingerprint density at radius 3 is 2.79 bits per heavy atom. The summed E-state index contributed by atoms with van der Waals surface area (Å²) in [5.41, 5.74) is 1.19. The van der Waals surface area contributed by atoms with Crippen LogP contribution in [0, 0.1) is 5.82 Å². The number of rotatable bonds is 4. The van der Waals surface area contributed by atoms with E-state index < -0.39 is 0 Å². The zero-order valence-electron chi connectivity index (χ0n) is 11.3. The second kappa shape index (κ2) is 5.36. The van der Waals surface area contributed by atoms with Gasteiger partial charge in [-0.15, -0.1) is 0 Å². The molecule has 102 valence electrons. The van der Waals surface area contributed by atoms with Crippen LogP contribution in [0.4, 0.5) is 15.9 Å². The standard InChI is InChI=1S/C13H18FN5/c1-13(2,3)16-6-9-4-5-15-12(11(9)14)19-10-7-17-18-8-10/h4-5,7-8,16H,6H2,1-3H3,(H,15,19)(H,17,18). The van der Waals surface area contributed by atoms with E-state index in [-0.39, 0.29) is 17.2 Å². The van der Waals surface area contributed by atoms with Gasteiger partial charge in [0.25, 0.3) is 0 Å².